The average Bonchev–Trinajstić information content (AvgIpc) is 2.80. The van der Waals surface area contributed by atoms with Crippen molar-refractivity contribution >= 4 is 16.6 Å². The summed E-state index contributed by atoms with van der Waals surface area (Å²) in [6, 6.07) is 19.3. The van der Waals surface area contributed by atoms with Gasteiger partial charge in [-0.25, -0.2) is 0 Å². The van der Waals surface area contributed by atoms with Gasteiger partial charge in [-0.15, -0.1) is 0 Å². The van der Waals surface area contributed by atoms with Crippen LogP contribution in [0.1, 0.15) is 18.2 Å². The van der Waals surface area contributed by atoms with Crippen molar-refractivity contribution in [2.75, 3.05) is 11.9 Å². The van der Waals surface area contributed by atoms with Crippen molar-refractivity contribution in [2.24, 2.45) is 7.05 Å². The molecule has 0 aliphatic rings. The summed E-state index contributed by atoms with van der Waals surface area (Å²) >= 11 is 0. The normalized spacial score (nSPS) is 11.0. The summed E-state index contributed by atoms with van der Waals surface area (Å²) in [7, 11) is 2.17. The minimum absolute atomic E-state index is 0.951. The van der Waals surface area contributed by atoms with E-state index in [0.717, 1.165) is 19.4 Å². The molecule has 108 valence electrons. The molecular weight excluding hydrogens is 256 g/mol. The molecule has 1 aromatic heterocycles. The molecule has 0 aliphatic carbocycles. The van der Waals surface area contributed by atoms with Crippen molar-refractivity contribution in [3.05, 3.63) is 65.9 Å². The Kier molecular flexibility index (Phi) is 3.96. The molecule has 0 bridgehead atoms. The zero-order chi connectivity index (χ0) is 14.7. The van der Waals surface area contributed by atoms with Crippen LogP contribution in [-0.2, 0) is 19.9 Å². The lowest BCUT2D eigenvalue weighted by Crippen LogP contribution is -2.04. The zero-order valence-electron chi connectivity index (χ0n) is 12.8. The van der Waals surface area contributed by atoms with Gasteiger partial charge in [0.15, 0.2) is 0 Å². The van der Waals surface area contributed by atoms with Gasteiger partial charge in [0, 0.05) is 24.7 Å². The second kappa shape index (κ2) is 6.04. The molecule has 3 aromatic rings. The molecule has 2 heteroatoms. The van der Waals surface area contributed by atoms with E-state index in [2.05, 4.69) is 78.5 Å². The zero-order valence-corrected chi connectivity index (χ0v) is 12.8. The van der Waals surface area contributed by atoms with Crippen LogP contribution in [0.4, 0.5) is 5.69 Å². The maximum atomic E-state index is 3.56. The van der Waals surface area contributed by atoms with Crippen molar-refractivity contribution in [3.8, 4) is 0 Å². The minimum atomic E-state index is 0.951. The SMILES string of the molecule is CCNc1c(CCc2ccccc2)n(C)c2ccccc12. The number of nitrogens with zero attached hydrogens (tertiary/aromatic N) is 1. The van der Waals surface area contributed by atoms with Crippen molar-refractivity contribution in [2.45, 2.75) is 19.8 Å². The Labute approximate surface area is 126 Å². The number of para-hydroxylation sites is 1. The number of hydrogen-bond donors (Lipinski definition) is 1. The molecule has 1 heterocycles. The fraction of sp³-hybridized carbons (Fsp3) is 0.263. The summed E-state index contributed by atoms with van der Waals surface area (Å²) in [5, 5.41) is 4.88. The van der Waals surface area contributed by atoms with Crippen LogP contribution in [0.25, 0.3) is 10.9 Å². The number of aryl methyl sites for hydroxylation is 2. The van der Waals surface area contributed by atoms with E-state index < -0.39 is 0 Å². The summed E-state index contributed by atoms with van der Waals surface area (Å²) in [4.78, 5) is 0. The number of anilines is 1. The predicted octanol–water partition coefficient (Wildman–Crippen LogP) is 4.40. The standard InChI is InChI=1S/C19H22N2/c1-3-20-19-16-11-7-8-12-17(16)21(2)18(19)14-13-15-9-5-4-6-10-15/h4-12,20H,3,13-14H2,1-2H3. The summed E-state index contributed by atoms with van der Waals surface area (Å²) in [5.41, 5.74) is 5.38. The van der Waals surface area contributed by atoms with Gasteiger partial charge in [-0.05, 0) is 31.4 Å². The van der Waals surface area contributed by atoms with E-state index in [1.807, 2.05) is 0 Å². The van der Waals surface area contributed by atoms with E-state index >= 15 is 0 Å². The average molecular weight is 278 g/mol. The van der Waals surface area contributed by atoms with Crippen molar-refractivity contribution in [1.29, 1.82) is 0 Å². The smallest absolute Gasteiger partial charge is 0.0633 e. The highest BCUT2D eigenvalue weighted by Crippen LogP contribution is 2.31. The van der Waals surface area contributed by atoms with Crippen LogP contribution in [0.2, 0.25) is 0 Å². The largest absolute Gasteiger partial charge is 0.383 e. The van der Waals surface area contributed by atoms with Gasteiger partial charge in [0.25, 0.3) is 0 Å². The van der Waals surface area contributed by atoms with E-state index in [9.17, 15) is 0 Å². The molecule has 0 radical (unpaired) electrons. The maximum Gasteiger partial charge on any atom is 0.0633 e. The van der Waals surface area contributed by atoms with Gasteiger partial charge in [0.05, 0.1) is 11.2 Å². The van der Waals surface area contributed by atoms with Crippen LogP contribution < -0.4 is 5.32 Å². The van der Waals surface area contributed by atoms with Gasteiger partial charge in [0.2, 0.25) is 0 Å². The maximum absolute atomic E-state index is 3.56. The Bertz CT molecular complexity index is 726. The molecule has 2 aromatic carbocycles. The van der Waals surface area contributed by atoms with Gasteiger partial charge in [0.1, 0.15) is 0 Å². The molecule has 3 rings (SSSR count). The molecule has 0 fully saturated rings. The molecule has 1 N–H and O–H groups in total. The lowest BCUT2D eigenvalue weighted by Gasteiger charge is -2.09. The molecule has 0 aliphatic heterocycles. The fourth-order valence-corrected chi connectivity index (χ4v) is 3.02. The predicted molar refractivity (Wildman–Crippen MR) is 90.9 cm³/mol. The second-order valence-electron chi connectivity index (χ2n) is 5.41. The first kappa shape index (κ1) is 13.7. The van der Waals surface area contributed by atoms with Crippen LogP contribution in [0.3, 0.4) is 0 Å². The monoisotopic (exact) mass is 278 g/mol. The van der Waals surface area contributed by atoms with E-state index in [1.54, 1.807) is 0 Å². The number of hydrogen-bond acceptors (Lipinski definition) is 1. The number of nitrogens with one attached hydrogen (secondary N) is 1. The third-order valence-corrected chi connectivity index (χ3v) is 4.08. The Morgan fingerprint density at radius 1 is 0.905 bits per heavy atom. The van der Waals surface area contributed by atoms with Gasteiger partial charge in [-0.1, -0.05) is 48.5 Å². The van der Waals surface area contributed by atoms with Gasteiger partial charge in [-0.2, -0.15) is 0 Å². The Hall–Kier alpha value is -2.22. The third-order valence-electron chi connectivity index (χ3n) is 4.08. The molecule has 0 amide bonds. The molecule has 0 atom stereocenters. The Balaban J connectivity index is 1.96. The first-order valence-corrected chi connectivity index (χ1v) is 7.65. The quantitative estimate of drug-likeness (QED) is 0.732. The van der Waals surface area contributed by atoms with E-state index in [0.29, 0.717) is 0 Å². The van der Waals surface area contributed by atoms with Crippen LogP contribution in [-0.4, -0.2) is 11.1 Å². The lowest BCUT2D eigenvalue weighted by molar-refractivity contribution is 0.821. The highest BCUT2D eigenvalue weighted by atomic mass is 15.0. The molecule has 0 unspecified atom stereocenters. The van der Waals surface area contributed by atoms with E-state index in [-0.39, 0.29) is 0 Å². The van der Waals surface area contributed by atoms with E-state index in [4.69, 9.17) is 0 Å². The summed E-state index contributed by atoms with van der Waals surface area (Å²) in [6.45, 7) is 3.11. The Morgan fingerprint density at radius 3 is 2.38 bits per heavy atom. The first-order chi connectivity index (χ1) is 10.3. The lowest BCUT2D eigenvalue weighted by atomic mass is 10.1. The number of fused-ring (bicyclic) bond motifs is 1. The molecular formula is C19H22N2. The second-order valence-corrected chi connectivity index (χ2v) is 5.41. The number of rotatable bonds is 5. The summed E-state index contributed by atoms with van der Waals surface area (Å²) in [5.74, 6) is 0. The minimum Gasteiger partial charge on any atom is -0.383 e. The topological polar surface area (TPSA) is 17.0 Å². The van der Waals surface area contributed by atoms with Gasteiger partial charge in [-0.3, -0.25) is 0 Å². The third kappa shape index (κ3) is 2.66. The number of aromatic nitrogens is 1. The molecule has 2 nitrogen and oxygen atoms in total. The van der Waals surface area contributed by atoms with Gasteiger partial charge < -0.3 is 9.88 Å². The summed E-state index contributed by atoms with van der Waals surface area (Å²) < 4.78 is 2.33. The van der Waals surface area contributed by atoms with Crippen molar-refractivity contribution in [3.63, 3.8) is 0 Å². The van der Waals surface area contributed by atoms with E-state index in [1.165, 1.54) is 27.8 Å². The molecule has 0 spiro atoms. The Morgan fingerprint density at radius 2 is 1.62 bits per heavy atom. The first-order valence-electron chi connectivity index (χ1n) is 7.65. The fourth-order valence-electron chi connectivity index (χ4n) is 3.02. The van der Waals surface area contributed by atoms with Gasteiger partial charge >= 0.3 is 0 Å². The van der Waals surface area contributed by atoms with Crippen molar-refractivity contribution < 1.29 is 0 Å². The van der Waals surface area contributed by atoms with Crippen LogP contribution in [0.5, 0.6) is 0 Å². The highest BCUT2D eigenvalue weighted by Gasteiger charge is 2.13. The van der Waals surface area contributed by atoms with Crippen LogP contribution in [0.15, 0.2) is 54.6 Å². The number of benzene rings is 2. The van der Waals surface area contributed by atoms with Crippen molar-refractivity contribution in [1.82, 2.24) is 4.57 Å². The van der Waals surface area contributed by atoms with Crippen LogP contribution in [0, 0.1) is 0 Å². The molecule has 0 saturated carbocycles. The molecule has 21 heavy (non-hydrogen) atoms. The van der Waals surface area contributed by atoms with Crippen LogP contribution >= 0.6 is 0 Å². The molecule has 0 saturated heterocycles. The summed E-state index contributed by atoms with van der Waals surface area (Å²) in [6.07, 6.45) is 2.13. The highest BCUT2D eigenvalue weighted by molar-refractivity contribution is 5.95.